The van der Waals surface area contributed by atoms with E-state index in [0.717, 1.165) is 25.2 Å². The molecule has 1 aromatic carbocycles. The lowest BCUT2D eigenvalue weighted by molar-refractivity contribution is 0.0814. The van der Waals surface area contributed by atoms with Gasteiger partial charge >= 0.3 is 0 Å². The van der Waals surface area contributed by atoms with Crippen molar-refractivity contribution < 1.29 is 9.47 Å². The Hall–Kier alpha value is -1.02. The van der Waals surface area contributed by atoms with Gasteiger partial charge in [0.15, 0.2) is 0 Å². The zero-order chi connectivity index (χ0) is 14.3. The largest absolute Gasteiger partial charge is 0.493 e. The molecule has 0 bridgehead atoms. The third-order valence-electron chi connectivity index (χ3n) is 3.19. The summed E-state index contributed by atoms with van der Waals surface area (Å²) in [4.78, 5) is 0. The minimum Gasteiger partial charge on any atom is -0.493 e. The summed E-state index contributed by atoms with van der Waals surface area (Å²) < 4.78 is 11.6. The van der Waals surface area contributed by atoms with Crippen molar-refractivity contribution in [1.29, 1.82) is 0 Å². The minimum absolute atomic E-state index is 0.121. The van der Waals surface area contributed by atoms with E-state index in [1.54, 1.807) is 7.11 Å². The maximum atomic E-state index is 5.93. The zero-order valence-corrected chi connectivity index (χ0v) is 13.0. The summed E-state index contributed by atoms with van der Waals surface area (Å²) in [5.41, 5.74) is 1.17. The summed E-state index contributed by atoms with van der Waals surface area (Å²) >= 11 is 0. The van der Waals surface area contributed by atoms with Gasteiger partial charge in [0.25, 0.3) is 0 Å². The third kappa shape index (κ3) is 5.65. The zero-order valence-electron chi connectivity index (χ0n) is 13.0. The van der Waals surface area contributed by atoms with Crippen molar-refractivity contribution in [2.45, 2.75) is 46.6 Å². The first-order valence-electron chi connectivity index (χ1n) is 7.29. The van der Waals surface area contributed by atoms with Crippen LogP contribution in [0.2, 0.25) is 0 Å². The highest BCUT2D eigenvalue weighted by molar-refractivity contribution is 5.35. The van der Waals surface area contributed by atoms with Crippen molar-refractivity contribution in [3.63, 3.8) is 0 Å². The van der Waals surface area contributed by atoms with E-state index < -0.39 is 0 Å². The average molecular weight is 264 g/mol. The molecule has 0 heterocycles. The summed E-state index contributed by atoms with van der Waals surface area (Å²) in [6.45, 7) is 9.63. The molecule has 0 aliphatic carbocycles. The molecule has 1 atom stereocenters. The van der Waals surface area contributed by atoms with Gasteiger partial charge in [-0.15, -0.1) is 0 Å². The summed E-state index contributed by atoms with van der Waals surface area (Å²) in [5.74, 6) is 2.24. The van der Waals surface area contributed by atoms with E-state index in [4.69, 9.17) is 9.47 Å². The lowest BCUT2D eigenvalue weighted by atomic mass is 9.98. The third-order valence-corrected chi connectivity index (χ3v) is 3.19. The van der Waals surface area contributed by atoms with E-state index in [9.17, 15) is 0 Å². The first-order chi connectivity index (χ1) is 9.04. The highest BCUT2D eigenvalue weighted by Crippen LogP contribution is 2.31. The number of ether oxygens (including phenoxy) is 2. The number of rotatable bonds is 8. The Morgan fingerprint density at radius 1 is 1.00 bits per heavy atom. The summed E-state index contributed by atoms with van der Waals surface area (Å²) in [6.07, 6.45) is 2.22. The number of hydrogen-bond acceptors (Lipinski definition) is 2. The van der Waals surface area contributed by atoms with Crippen molar-refractivity contribution >= 4 is 0 Å². The van der Waals surface area contributed by atoms with Gasteiger partial charge in [0.05, 0.1) is 12.7 Å². The van der Waals surface area contributed by atoms with Crippen molar-refractivity contribution in [3.05, 3.63) is 29.8 Å². The van der Waals surface area contributed by atoms with Crippen LogP contribution in [0.25, 0.3) is 0 Å². The summed E-state index contributed by atoms with van der Waals surface area (Å²) in [7, 11) is 1.78. The summed E-state index contributed by atoms with van der Waals surface area (Å²) in [6, 6.07) is 8.23. The fourth-order valence-electron chi connectivity index (χ4n) is 2.06. The van der Waals surface area contributed by atoms with E-state index in [2.05, 4.69) is 39.8 Å². The molecule has 1 rings (SSSR count). The van der Waals surface area contributed by atoms with Crippen LogP contribution in [0.15, 0.2) is 24.3 Å². The number of benzene rings is 1. The van der Waals surface area contributed by atoms with Gasteiger partial charge in [-0.2, -0.15) is 0 Å². The van der Waals surface area contributed by atoms with Crippen LogP contribution in [-0.2, 0) is 4.74 Å². The highest BCUT2D eigenvalue weighted by atomic mass is 16.5. The lowest BCUT2D eigenvalue weighted by Gasteiger charge is -2.21. The van der Waals surface area contributed by atoms with Crippen LogP contribution in [0, 0.1) is 11.8 Å². The highest BCUT2D eigenvalue weighted by Gasteiger charge is 2.16. The molecule has 2 heteroatoms. The quantitative estimate of drug-likeness (QED) is 0.668. The maximum Gasteiger partial charge on any atom is 0.125 e. The van der Waals surface area contributed by atoms with Crippen LogP contribution in [0.1, 0.15) is 52.2 Å². The molecule has 19 heavy (non-hydrogen) atoms. The Bertz CT molecular complexity index is 358. The van der Waals surface area contributed by atoms with Gasteiger partial charge in [-0.1, -0.05) is 45.9 Å². The van der Waals surface area contributed by atoms with Gasteiger partial charge in [-0.3, -0.25) is 0 Å². The lowest BCUT2D eigenvalue weighted by Crippen LogP contribution is -2.09. The Morgan fingerprint density at radius 2 is 1.68 bits per heavy atom. The second-order valence-electron chi connectivity index (χ2n) is 5.92. The van der Waals surface area contributed by atoms with Crippen molar-refractivity contribution in [2.24, 2.45) is 11.8 Å². The van der Waals surface area contributed by atoms with E-state index in [1.165, 1.54) is 5.56 Å². The van der Waals surface area contributed by atoms with Gasteiger partial charge in [0, 0.05) is 12.7 Å². The van der Waals surface area contributed by atoms with Crippen molar-refractivity contribution in [1.82, 2.24) is 0 Å². The fraction of sp³-hybridized carbons (Fsp3) is 0.647. The molecular formula is C17H28O2. The van der Waals surface area contributed by atoms with Crippen LogP contribution < -0.4 is 4.74 Å². The standard InChI is InChI=1S/C17H28O2/c1-13(2)10-11-19-16-9-7-6-8-15(16)17(18-5)12-14(3)4/h6-9,13-14,17H,10-12H2,1-5H3. The predicted molar refractivity (Wildman–Crippen MR) is 80.6 cm³/mol. The van der Waals surface area contributed by atoms with Crippen molar-refractivity contribution in [2.75, 3.05) is 13.7 Å². The molecular weight excluding hydrogens is 236 g/mol. The molecule has 108 valence electrons. The maximum absolute atomic E-state index is 5.93. The molecule has 1 unspecified atom stereocenters. The fourth-order valence-corrected chi connectivity index (χ4v) is 2.06. The second-order valence-corrected chi connectivity index (χ2v) is 5.92. The number of methoxy groups -OCH3 is 1. The molecule has 0 N–H and O–H groups in total. The van der Waals surface area contributed by atoms with Gasteiger partial charge in [0.2, 0.25) is 0 Å². The Morgan fingerprint density at radius 3 is 2.26 bits per heavy atom. The van der Waals surface area contributed by atoms with E-state index in [0.29, 0.717) is 11.8 Å². The summed E-state index contributed by atoms with van der Waals surface area (Å²) in [5, 5.41) is 0. The predicted octanol–water partition coefficient (Wildman–Crippen LogP) is 4.85. The molecule has 0 aromatic heterocycles. The monoisotopic (exact) mass is 264 g/mol. The Labute approximate surface area is 118 Å². The molecule has 0 aliphatic heterocycles. The van der Waals surface area contributed by atoms with Crippen molar-refractivity contribution in [3.8, 4) is 5.75 Å². The molecule has 0 amide bonds. The molecule has 1 aromatic rings. The molecule has 0 radical (unpaired) electrons. The molecule has 0 fully saturated rings. The van der Waals surface area contributed by atoms with Gasteiger partial charge in [-0.25, -0.2) is 0 Å². The normalized spacial score (nSPS) is 13.0. The van der Waals surface area contributed by atoms with E-state index >= 15 is 0 Å². The van der Waals surface area contributed by atoms with Gasteiger partial charge < -0.3 is 9.47 Å². The van der Waals surface area contributed by atoms with Crippen LogP contribution in [0.5, 0.6) is 5.75 Å². The molecule has 0 spiro atoms. The van der Waals surface area contributed by atoms with E-state index in [1.807, 2.05) is 12.1 Å². The Kier molecular flexibility index (Phi) is 6.93. The molecule has 0 aliphatic rings. The van der Waals surface area contributed by atoms with E-state index in [-0.39, 0.29) is 6.10 Å². The van der Waals surface area contributed by atoms with Crippen LogP contribution in [-0.4, -0.2) is 13.7 Å². The molecule has 0 saturated carbocycles. The smallest absolute Gasteiger partial charge is 0.125 e. The SMILES string of the molecule is COC(CC(C)C)c1ccccc1OCCC(C)C. The van der Waals surface area contributed by atoms with Crippen LogP contribution in [0.4, 0.5) is 0 Å². The first kappa shape index (κ1) is 16.0. The Balaban J connectivity index is 2.75. The average Bonchev–Trinajstić information content (AvgIpc) is 2.36. The van der Waals surface area contributed by atoms with Crippen LogP contribution in [0.3, 0.4) is 0 Å². The number of hydrogen-bond donors (Lipinski definition) is 0. The van der Waals surface area contributed by atoms with Gasteiger partial charge in [-0.05, 0) is 30.7 Å². The molecule has 0 saturated heterocycles. The van der Waals surface area contributed by atoms with Gasteiger partial charge in [0.1, 0.15) is 5.75 Å². The topological polar surface area (TPSA) is 18.5 Å². The first-order valence-corrected chi connectivity index (χ1v) is 7.29. The minimum atomic E-state index is 0.121. The van der Waals surface area contributed by atoms with Crippen LogP contribution >= 0.6 is 0 Å². The molecule has 2 nitrogen and oxygen atoms in total. The second kappa shape index (κ2) is 8.21. The number of para-hydroxylation sites is 1.